The van der Waals surface area contributed by atoms with E-state index in [9.17, 15) is 4.79 Å². The highest BCUT2D eigenvalue weighted by atomic mass is 16.7. The van der Waals surface area contributed by atoms with Crippen molar-refractivity contribution in [1.29, 1.82) is 0 Å². The Balaban J connectivity index is 2.34. The van der Waals surface area contributed by atoms with Gasteiger partial charge in [0.05, 0.1) is 19.6 Å². The minimum absolute atomic E-state index is 0.111. The predicted octanol–water partition coefficient (Wildman–Crippen LogP) is 0.174. The van der Waals surface area contributed by atoms with Crippen LogP contribution in [0.25, 0.3) is 0 Å². The molecule has 0 saturated carbocycles. The van der Waals surface area contributed by atoms with Gasteiger partial charge in [-0.15, -0.1) is 6.42 Å². The number of carbonyl (C=O) groups excluding carboxylic acids is 1. The molecule has 0 unspecified atom stereocenters. The standard InChI is InChI=1S/C7H9NO2/c1-2-4-7(9)8-5-3-6-10-8/h1H,3-6H2. The van der Waals surface area contributed by atoms with E-state index in [1.807, 2.05) is 0 Å². The van der Waals surface area contributed by atoms with E-state index in [4.69, 9.17) is 11.3 Å². The van der Waals surface area contributed by atoms with Gasteiger partial charge in [0.15, 0.2) is 0 Å². The molecule has 1 fully saturated rings. The summed E-state index contributed by atoms with van der Waals surface area (Å²) in [4.78, 5) is 15.9. The van der Waals surface area contributed by atoms with Gasteiger partial charge in [-0.05, 0) is 6.42 Å². The van der Waals surface area contributed by atoms with Crippen LogP contribution in [-0.4, -0.2) is 24.1 Å². The molecule has 1 amide bonds. The van der Waals surface area contributed by atoms with Gasteiger partial charge in [0, 0.05) is 0 Å². The zero-order valence-corrected chi connectivity index (χ0v) is 5.67. The third kappa shape index (κ3) is 1.49. The van der Waals surface area contributed by atoms with Gasteiger partial charge < -0.3 is 0 Å². The molecule has 3 nitrogen and oxygen atoms in total. The van der Waals surface area contributed by atoms with Crippen LogP contribution in [0.3, 0.4) is 0 Å². The molecule has 0 N–H and O–H groups in total. The second kappa shape index (κ2) is 3.23. The Labute approximate surface area is 59.9 Å². The van der Waals surface area contributed by atoms with Crippen molar-refractivity contribution < 1.29 is 9.63 Å². The Morgan fingerprint density at radius 1 is 1.80 bits per heavy atom. The summed E-state index contributed by atoms with van der Waals surface area (Å²) in [5, 5.41) is 1.33. The normalized spacial score (nSPS) is 16.9. The number of rotatable bonds is 1. The van der Waals surface area contributed by atoms with Gasteiger partial charge in [-0.1, -0.05) is 5.92 Å². The lowest BCUT2D eigenvalue weighted by Crippen LogP contribution is -2.25. The molecule has 10 heavy (non-hydrogen) atoms. The molecular weight excluding hydrogens is 130 g/mol. The molecule has 1 aliphatic heterocycles. The highest BCUT2D eigenvalue weighted by molar-refractivity contribution is 5.77. The summed E-state index contributed by atoms with van der Waals surface area (Å²) in [7, 11) is 0. The Morgan fingerprint density at radius 2 is 2.60 bits per heavy atom. The highest BCUT2D eigenvalue weighted by Gasteiger charge is 2.17. The molecule has 1 rings (SSSR count). The van der Waals surface area contributed by atoms with E-state index in [2.05, 4.69) is 5.92 Å². The SMILES string of the molecule is C#CCC(=O)N1CCCO1. The van der Waals surface area contributed by atoms with Crippen LogP contribution in [0.15, 0.2) is 0 Å². The molecule has 3 heteroatoms. The van der Waals surface area contributed by atoms with Crippen LogP contribution in [0.1, 0.15) is 12.8 Å². The second-order valence-corrected chi connectivity index (χ2v) is 2.06. The van der Waals surface area contributed by atoms with Crippen LogP contribution in [-0.2, 0) is 9.63 Å². The Hall–Kier alpha value is -1.01. The van der Waals surface area contributed by atoms with E-state index in [1.54, 1.807) is 0 Å². The molecule has 1 aliphatic rings. The quantitative estimate of drug-likeness (QED) is 0.485. The second-order valence-electron chi connectivity index (χ2n) is 2.06. The maximum Gasteiger partial charge on any atom is 0.258 e. The molecule has 0 bridgehead atoms. The Bertz CT molecular complexity index is 165. The molecule has 0 aromatic heterocycles. The van der Waals surface area contributed by atoms with Crippen LogP contribution in [0.5, 0.6) is 0 Å². The highest BCUT2D eigenvalue weighted by Crippen LogP contribution is 2.05. The summed E-state index contributed by atoms with van der Waals surface area (Å²) < 4.78 is 0. The lowest BCUT2D eigenvalue weighted by atomic mass is 10.4. The van der Waals surface area contributed by atoms with Crippen molar-refractivity contribution in [2.75, 3.05) is 13.2 Å². The van der Waals surface area contributed by atoms with Crippen LogP contribution >= 0.6 is 0 Å². The van der Waals surface area contributed by atoms with Gasteiger partial charge in [0.2, 0.25) is 0 Å². The molecule has 0 aliphatic carbocycles. The first kappa shape index (κ1) is 7.10. The maximum absolute atomic E-state index is 10.9. The molecule has 1 heterocycles. The topological polar surface area (TPSA) is 29.5 Å². The first-order valence-corrected chi connectivity index (χ1v) is 3.21. The minimum Gasteiger partial charge on any atom is -0.271 e. The number of amides is 1. The fourth-order valence-corrected chi connectivity index (χ4v) is 0.820. The summed E-state index contributed by atoms with van der Waals surface area (Å²) in [6.45, 7) is 1.32. The lowest BCUT2D eigenvalue weighted by Gasteiger charge is -2.10. The average Bonchev–Trinajstić information content (AvgIpc) is 2.38. The van der Waals surface area contributed by atoms with Crippen LogP contribution in [0, 0.1) is 12.3 Å². The smallest absolute Gasteiger partial charge is 0.258 e. The monoisotopic (exact) mass is 139 g/mol. The molecule has 0 radical (unpaired) electrons. The molecule has 0 aromatic rings. The molecular formula is C7H9NO2. The van der Waals surface area contributed by atoms with E-state index in [0.717, 1.165) is 6.42 Å². The number of hydrogen-bond donors (Lipinski definition) is 0. The number of hydrogen-bond acceptors (Lipinski definition) is 2. The van der Waals surface area contributed by atoms with Crippen molar-refractivity contribution in [3.05, 3.63) is 0 Å². The largest absolute Gasteiger partial charge is 0.271 e. The first-order chi connectivity index (χ1) is 4.84. The molecule has 0 atom stereocenters. The van der Waals surface area contributed by atoms with Crippen LogP contribution < -0.4 is 0 Å². The summed E-state index contributed by atoms with van der Waals surface area (Å²) in [5.41, 5.74) is 0. The van der Waals surface area contributed by atoms with Crippen molar-refractivity contribution in [1.82, 2.24) is 5.06 Å². The van der Waals surface area contributed by atoms with Gasteiger partial charge in [-0.3, -0.25) is 9.63 Å². The Morgan fingerprint density at radius 3 is 3.10 bits per heavy atom. The van der Waals surface area contributed by atoms with Crippen LogP contribution in [0.4, 0.5) is 0 Å². The van der Waals surface area contributed by atoms with E-state index in [-0.39, 0.29) is 12.3 Å². The van der Waals surface area contributed by atoms with E-state index >= 15 is 0 Å². The van der Waals surface area contributed by atoms with Crippen molar-refractivity contribution in [2.45, 2.75) is 12.8 Å². The first-order valence-electron chi connectivity index (χ1n) is 3.21. The van der Waals surface area contributed by atoms with E-state index in [0.29, 0.717) is 13.2 Å². The number of nitrogens with zero attached hydrogens (tertiary/aromatic N) is 1. The van der Waals surface area contributed by atoms with Crippen molar-refractivity contribution in [2.24, 2.45) is 0 Å². The van der Waals surface area contributed by atoms with Gasteiger partial charge in [-0.25, -0.2) is 5.06 Å². The third-order valence-electron chi connectivity index (χ3n) is 1.28. The average molecular weight is 139 g/mol. The number of terminal acetylenes is 1. The fourth-order valence-electron chi connectivity index (χ4n) is 0.820. The van der Waals surface area contributed by atoms with Crippen LogP contribution in [0.2, 0.25) is 0 Å². The molecule has 0 spiro atoms. The van der Waals surface area contributed by atoms with Gasteiger partial charge >= 0.3 is 0 Å². The molecule has 54 valence electrons. The summed E-state index contributed by atoms with van der Waals surface area (Å²) in [6.07, 6.45) is 6.00. The van der Waals surface area contributed by atoms with E-state index in [1.165, 1.54) is 5.06 Å². The van der Waals surface area contributed by atoms with Crippen molar-refractivity contribution in [3.8, 4) is 12.3 Å². The zero-order valence-electron chi connectivity index (χ0n) is 5.67. The Kier molecular flexibility index (Phi) is 2.30. The van der Waals surface area contributed by atoms with Crippen molar-refractivity contribution in [3.63, 3.8) is 0 Å². The summed E-state index contributed by atoms with van der Waals surface area (Å²) in [5.74, 6) is 2.16. The lowest BCUT2D eigenvalue weighted by molar-refractivity contribution is -0.167. The fraction of sp³-hybridized carbons (Fsp3) is 0.571. The predicted molar refractivity (Wildman–Crippen MR) is 35.7 cm³/mol. The number of carbonyl (C=O) groups is 1. The molecule has 0 aromatic carbocycles. The van der Waals surface area contributed by atoms with E-state index < -0.39 is 0 Å². The van der Waals surface area contributed by atoms with Gasteiger partial charge in [0.25, 0.3) is 5.91 Å². The molecule has 1 saturated heterocycles. The zero-order chi connectivity index (χ0) is 7.40. The summed E-state index contributed by atoms with van der Waals surface area (Å²) in [6, 6.07) is 0. The summed E-state index contributed by atoms with van der Waals surface area (Å²) >= 11 is 0. The van der Waals surface area contributed by atoms with Gasteiger partial charge in [-0.2, -0.15) is 0 Å². The van der Waals surface area contributed by atoms with Gasteiger partial charge in [0.1, 0.15) is 0 Å². The maximum atomic E-state index is 10.9. The minimum atomic E-state index is -0.111. The van der Waals surface area contributed by atoms with Crippen molar-refractivity contribution >= 4 is 5.91 Å². The third-order valence-corrected chi connectivity index (χ3v) is 1.28. The number of hydroxylamine groups is 2.